The number of nitrogens with zero attached hydrogens (tertiary/aromatic N) is 4. The third-order valence-electron chi connectivity index (χ3n) is 8.99. The van der Waals surface area contributed by atoms with Crippen LogP contribution in [-0.4, -0.2) is 45.2 Å². The summed E-state index contributed by atoms with van der Waals surface area (Å²) in [6.07, 6.45) is 6.40. The van der Waals surface area contributed by atoms with Crippen molar-refractivity contribution in [2.45, 2.75) is 55.7 Å². The van der Waals surface area contributed by atoms with Gasteiger partial charge in [0.25, 0.3) is 0 Å². The van der Waals surface area contributed by atoms with Crippen LogP contribution in [-0.2, 0) is 22.5 Å². The van der Waals surface area contributed by atoms with Gasteiger partial charge in [-0.05, 0) is 53.3 Å². The zero-order valence-corrected chi connectivity index (χ0v) is 28.1. The standard InChI is InChI=1S/C40H40F2N4OS/c1-3-13-30-24-43-39(44-25-30)46-28-37(23-36(46)27-45(29(2)47)26-31-22-35(41)20-21-38(31)42)48-40(32-14-7-4-8-15-32,33-16-9-5-10-17-33)34-18-11-6-12-19-34/h4-12,14-22,24-25,36-37H,3,13,23,26-28H2,1-2H3/t36-,37+/m0/s1. The van der Waals surface area contributed by atoms with Crippen LogP contribution in [0, 0.1) is 11.6 Å². The number of aromatic nitrogens is 2. The van der Waals surface area contributed by atoms with Crippen molar-refractivity contribution in [2.24, 2.45) is 0 Å². The van der Waals surface area contributed by atoms with Gasteiger partial charge in [0.05, 0.1) is 10.8 Å². The lowest BCUT2D eigenvalue weighted by atomic mass is 9.84. The molecule has 0 spiro atoms. The Hall–Kier alpha value is -4.56. The van der Waals surface area contributed by atoms with Gasteiger partial charge in [-0.25, -0.2) is 18.7 Å². The van der Waals surface area contributed by atoms with Crippen LogP contribution in [0.4, 0.5) is 14.7 Å². The predicted molar refractivity (Wildman–Crippen MR) is 190 cm³/mol. The molecule has 5 aromatic rings. The molecule has 0 N–H and O–H groups in total. The van der Waals surface area contributed by atoms with E-state index >= 15 is 0 Å². The molecule has 1 aliphatic heterocycles. The van der Waals surface area contributed by atoms with Crippen molar-refractivity contribution in [1.29, 1.82) is 0 Å². The van der Waals surface area contributed by atoms with Crippen LogP contribution >= 0.6 is 11.8 Å². The van der Waals surface area contributed by atoms with Crippen molar-refractivity contribution in [1.82, 2.24) is 14.9 Å². The van der Waals surface area contributed by atoms with Gasteiger partial charge < -0.3 is 9.80 Å². The lowest BCUT2D eigenvalue weighted by molar-refractivity contribution is -0.129. The molecule has 2 heterocycles. The van der Waals surface area contributed by atoms with Gasteiger partial charge in [0.1, 0.15) is 11.6 Å². The summed E-state index contributed by atoms with van der Waals surface area (Å²) in [5, 5.41) is 0.106. The number of halogens is 2. The third-order valence-corrected chi connectivity index (χ3v) is 10.7. The molecule has 5 nitrogen and oxygen atoms in total. The lowest BCUT2D eigenvalue weighted by Gasteiger charge is -2.37. The van der Waals surface area contributed by atoms with Gasteiger partial charge >= 0.3 is 0 Å². The van der Waals surface area contributed by atoms with Crippen molar-refractivity contribution in [3.05, 3.63) is 161 Å². The molecule has 48 heavy (non-hydrogen) atoms. The first kappa shape index (κ1) is 33.3. The molecule has 1 amide bonds. The topological polar surface area (TPSA) is 49.3 Å². The minimum atomic E-state index is -0.535. The molecule has 1 aliphatic rings. The summed E-state index contributed by atoms with van der Waals surface area (Å²) in [5.74, 6) is -0.671. The van der Waals surface area contributed by atoms with Crippen LogP contribution in [0.1, 0.15) is 54.5 Å². The van der Waals surface area contributed by atoms with E-state index in [0.717, 1.165) is 37.0 Å². The second-order valence-corrected chi connectivity index (χ2v) is 13.9. The largest absolute Gasteiger partial charge is 0.336 e. The van der Waals surface area contributed by atoms with Crippen LogP contribution in [0.3, 0.4) is 0 Å². The van der Waals surface area contributed by atoms with Crippen molar-refractivity contribution in [3.8, 4) is 0 Å². The predicted octanol–water partition coefficient (Wildman–Crippen LogP) is 8.43. The number of thioether (sulfide) groups is 1. The number of hydrogen-bond donors (Lipinski definition) is 0. The normalized spacial score (nSPS) is 16.2. The van der Waals surface area contributed by atoms with Gasteiger partial charge in [0.2, 0.25) is 11.9 Å². The van der Waals surface area contributed by atoms with Crippen molar-refractivity contribution >= 4 is 23.6 Å². The van der Waals surface area contributed by atoms with Gasteiger partial charge in [-0.2, -0.15) is 0 Å². The summed E-state index contributed by atoms with van der Waals surface area (Å²) in [4.78, 5) is 26.4. The molecule has 2 atom stereocenters. The number of rotatable bonds is 12. The second kappa shape index (κ2) is 15.1. The fourth-order valence-corrected chi connectivity index (χ4v) is 8.56. The number of benzene rings is 4. The average Bonchev–Trinajstić information content (AvgIpc) is 3.51. The van der Waals surface area contributed by atoms with Crippen LogP contribution in [0.15, 0.2) is 122 Å². The SMILES string of the molecule is CCCc1cnc(N2C[C@H](SC(c3ccccc3)(c3ccccc3)c3ccccc3)C[C@H]2CN(Cc2cc(F)ccc2F)C(C)=O)nc1. The second-order valence-electron chi connectivity index (χ2n) is 12.3. The minimum Gasteiger partial charge on any atom is -0.336 e. The fraction of sp³-hybridized carbons (Fsp3) is 0.275. The number of aryl methyl sites for hydroxylation is 1. The van der Waals surface area contributed by atoms with Gasteiger partial charge in [0, 0.05) is 49.8 Å². The van der Waals surface area contributed by atoms with E-state index in [-0.39, 0.29) is 29.3 Å². The number of carbonyl (C=O) groups excluding carboxylic acids is 1. The van der Waals surface area contributed by atoms with Crippen LogP contribution in [0.5, 0.6) is 0 Å². The highest BCUT2D eigenvalue weighted by Crippen LogP contribution is 2.52. The summed E-state index contributed by atoms with van der Waals surface area (Å²) >= 11 is 1.91. The molecule has 0 aliphatic carbocycles. The number of hydrogen-bond acceptors (Lipinski definition) is 5. The summed E-state index contributed by atoms with van der Waals surface area (Å²) in [6, 6.07) is 35.0. The zero-order chi connectivity index (χ0) is 33.5. The van der Waals surface area contributed by atoms with Crippen LogP contribution < -0.4 is 4.90 Å². The van der Waals surface area contributed by atoms with E-state index in [1.165, 1.54) is 29.7 Å². The first-order valence-corrected chi connectivity index (χ1v) is 17.4. The van der Waals surface area contributed by atoms with E-state index in [2.05, 4.69) is 84.6 Å². The molecule has 1 fully saturated rings. The van der Waals surface area contributed by atoms with E-state index in [9.17, 15) is 13.6 Å². The highest BCUT2D eigenvalue weighted by molar-refractivity contribution is 8.01. The Morgan fingerprint density at radius 1 is 0.875 bits per heavy atom. The monoisotopic (exact) mass is 662 g/mol. The first-order valence-electron chi connectivity index (χ1n) is 16.5. The third kappa shape index (κ3) is 7.29. The Morgan fingerprint density at radius 3 is 1.96 bits per heavy atom. The molecule has 0 saturated carbocycles. The average molecular weight is 663 g/mol. The Kier molecular flexibility index (Phi) is 10.5. The van der Waals surface area contributed by atoms with Gasteiger partial charge in [-0.3, -0.25) is 4.79 Å². The first-order chi connectivity index (χ1) is 23.4. The van der Waals surface area contributed by atoms with E-state index in [0.29, 0.717) is 19.0 Å². The lowest BCUT2D eigenvalue weighted by Crippen LogP contribution is -2.42. The van der Waals surface area contributed by atoms with Gasteiger partial charge in [0.15, 0.2) is 0 Å². The summed E-state index contributed by atoms with van der Waals surface area (Å²) in [5.41, 5.74) is 4.75. The smallest absolute Gasteiger partial charge is 0.225 e. The molecular formula is C40H40F2N4OS. The zero-order valence-electron chi connectivity index (χ0n) is 27.3. The molecule has 8 heteroatoms. The molecule has 6 rings (SSSR count). The van der Waals surface area contributed by atoms with Gasteiger partial charge in [-0.1, -0.05) is 104 Å². The van der Waals surface area contributed by atoms with E-state index in [1.54, 1.807) is 4.90 Å². The maximum absolute atomic E-state index is 14.7. The fourth-order valence-electron chi connectivity index (χ4n) is 6.69. The van der Waals surface area contributed by atoms with E-state index < -0.39 is 16.4 Å². The number of anilines is 1. The summed E-state index contributed by atoms with van der Waals surface area (Å²) in [7, 11) is 0. The quantitative estimate of drug-likeness (QED) is 0.126. The Bertz CT molecular complexity index is 1690. The van der Waals surface area contributed by atoms with E-state index in [1.807, 2.05) is 42.4 Å². The minimum absolute atomic E-state index is 0.0284. The molecule has 0 unspecified atom stereocenters. The Labute approximate surface area is 286 Å². The van der Waals surface area contributed by atoms with Crippen molar-refractivity contribution < 1.29 is 13.6 Å². The number of carbonyl (C=O) groups is 1. The summed E-state index contributed by atoms with van der Waals surface area (Å²) < 4.78 is 28.3. The van der Waals surface area contributed by atoms with Gasteiger partial charge in [-0.15, -0.1) is 11.8 Å². The Balaban J connectivity index is 1.39. The van der Waals surface area contributed by atoms with Crippen molar-refractivity contribution in [2.75, 3.05) is 18.0 Å². The molecule has 4 aromatic carbocycles. The van der Waals surface area contributed by atoms with Crippen molar-refractivity contribution in [3.63, 3.8) is 0 Å². The highest BCUT2D eigenvalue weighted by Gasteiger charge is 2.44. The summed E-state index contributed by atoms with van der Waals surface area (Å²) in [6.45, 7) is 4.54. The molecule has 1 saturated heterocycles. The molecular weight excluding hydrogens is 623 g/mol. The molecule has 0 radical (unpaired) electrons. The van der Waals surface area contributed by atoms with E-state index in [4.69, 9.17) is 9.97 Å². The highest BCUT2D eigenvalue weighted by atomic mass is 32.2. The molecule has 0 bridgehead atoms. The maximum Gasteiger partial charge on any atom is 0.225 e. The molecule has 246 valence electrons. The number of amides is 1. The van der Waals surface area contributed by atoms with Crippen LogP contribution in [0.2, 0.25) is 0 Å². The van der Waals surface area contributed by atoms with Crippen LogP contribution in [0.25, 0.3) is 0 Å². The molecule has 1 aromatic heterocycles. The Morgan fingerprint density at radius 2 is 1.44 bits per heavy atom. The maximum atomic E-state index is 14.7.